The van der Waals surface area contributed by atoms with Gasteiger partial charge < -0.3 is 15.5 Å². The molecule has 0 radical (unpaired) electrons. The quantitative estimate of drug-likeness (QED) is 0.520. The Morgan fingerprint density at radius 1 is 1.07 bits per heavy atom. The Morgan fingerprint density at radius 3 is 2.38 bits per heavy atom. The minimum absolute atomic E-state index is 0.0159. The zero-order valence-electron chi connectivity index (χ0n) is 20.7. The van der Waals surface area contributed by atoms with Gasteiger partial charge in [0.15, 0.2) is 0 Å². The molecule has 15 heteroatoms. The van der Waals surface area contributed by atoms with Crippen LogP contribution >= 0.6 is 0 Å². The summed E-state index contributed by atoms with van der Waals surface area (Å²) in [6, 6.07) is -0.854. The van der Waals surface area contributed by atoms with Crippen molar-refractivity contribution in [2.45, 2.75) is 44.2 Å². The number of likely N-dealkylation sites (tertiary alicyclic amines) is 1. The van der Waals surface area contributed by atoms with Gasteiger partial charge in [0, 0.05) is 42.8 Å². The first kappa shape index (κ1) is 29.2. The highest BCUT2D eigenvalue weighted by Crippen LogP contribution is 2.37. The molecule has 0 aliphatic carbocycles. The summed E-state index contributed by atoms with van der Waals surface area (Å²) in [7, 11) is 0. The summed E-state index contributed by atoms with van der Waals surface area (Å²) < 4.78 is 108. The molecule has 2 aromatic rings. The average Bonchev–Trinajstić information content (AvgIpc) is 3.47. The van der Waals surface area contributed by atoms with Crippen molar-refractivity contribution in [3.8, 4) is 0 Å². The van der Waals surface area contributed by atoms with Gasteiger partial charge in [-0.15, -0.1) is 0 Å². The number of amides is 3. The lowest BCUT2D eigenvalue weighted by atomic mass is 9.90. The van der Waals surface area contributed by atoms with E-state index < -0.39 is 76.5 Å². The Balaban J connectivity index is 1.64. The first-order valence-corrected chi connectivity index (χ1v) is 12.0. The summed E-state index contributed by atoms with van der Waals surface area (Å²) in [6.07, 6.45) is -9.41. The minimum atomic E-state index is -5.19. The third-order valence-corrected chi connectivity index (χ3v) is 6.88. The highest BCUT2D eigenvalue weighted by atomic mass is 19.4. The molecular weight excluding hydrogens is 556 g/mol. The van der Waals surface area contributed by atoms with Crippen molar-refractivity contribution in [1.29, 1.82) is 0 Å². The molecule has 2 N–H and O–H groups in total. The van der Waals surface area contributed by atoms with Crippen molar-refractivity contribution in [3.05, 3.63) is 64.5 Å². The normalized spacial score (nSPS) is 22.3. The molecule has 2 aliphatic heterocycles. The van der Waals surface area contributed by atoms with Crippen molar-refractivity contribution in [2.24, 2.45) is 11.8 Å². The smallest absolute Gasteiger partial charge is 0.356 e. The lowest BCUT2D eigenvalue weighted by molar-refractivity contribution is -0.141. The summed E-state index contributed by atoms with van der Waals surface area (Å²) in [4.78, 5) is 42.6. The third-order valence-electron chi connectivity index (χ3n) is 6.88. The Kier molecular flexibility index (Phi) is 7.78. The van der Waals surface area contributed by atoms with Gasteiger partial charge in [0.05, 0.1) is 11.6 Å². The molecule has 0 bridgehead atoms. The van der Waals surface area contributed by atoms with Crippen LogP contribution in [0.3, 0.4) is 0 Å². The number of hydrogen-bond donors (Lipinski definition) is 2. The molecule has 3 amide bonds. The van der Waals surface area contributed by atoms with Crippen molar-refractivity contribution < 1.29 is 49.5 Å². The highest BCUT2D eigenvalue weighted by Gasteiger charge is 2.43. The van der Waals surface area contributed by atoms with Crippen molar-refractivity contribution in [3.63, 3.8) is 0 Å². The Hall–Kier alpha value is -3.78. The summed E-state index contributed by atoms with van der Waals surface area (Å²) in [5.41, 5.74) is -4.18. The van der Waals surface area contributed by atoms with E-state index >= 15 is 0 Å². The molecule has 4 atom stereocenters. The van der Waals surface area contributed by atoms with Crippen LogP contribution in [0.25, 0.3) is 0 Å². The number of nitrogens with one attached hydrogen (secondary N) is 2. The fourth-order valence-electron chi connectivity index (χ4n) is 4.98. The molecule has 2 unspecified atom stereocenters. The van der Waals surface area contributed by atoms with Crippen LogP contribution in [0.2, 0.25) is 0 Å². The number of carbonyl (C=O) groups is 3. The predicted molar refractivity (Wildman–Crippen MR) is 121 cm³/mol. The second-order valence-corrected chi connectivity index (χ2v) is 9.85. The van der Waals surface area contributed by atoms with E-state index in [2.05, 4.69) is 15.6 Å². The van der Waals surface area contributed by atoms with Crippen LogP contribution in [0.1, 0.15) is 53.0 Å². The molecule has 1 aromatic heterocycles. The lowest BCUT2D eigenvalue weighted by Crippen LogP contribution is -2.48. The van der Waals surface area contributed by atoms with Crippen LogP contribution in [0, 0.1) is 23.5 Å². The van der Waals surface area contributed by atoms with Gasteiger partial charge in [0.25, 0.3) is 5.91 Å². The molecule has 3 heterocycles. The van der Waals surface area contributed by atoms with Crippen LogP contribution in [0.15, 0.2) is 30.5 Å². The summed E-state index contributed by atoms with van der Waals surface area (Å²) >= 11 is 0. The van der Waals surface area contributed by atoms with Crippen molar-refractivity contribution in [2.75, 3.05) is 13.1 Å². The number of hydrogen-bond acceptors (Lipinski definition) is 4. The van der Waals surface area contributed by atoms with Crippen LogP contribution in [-0.4, -0.2) is 46.7 Å². The summed E-state index contributed by atoms with van der Waals surface area (Å²) in [5.74, 6) is -6.70. The van der Waals surface area contributed by atoms with Gasteiger partial charge >= 0.3 is 12.4 Å². The Bertz CT molecular complexity index is 1330. The molecule has 1 aromatic carbocycles. The van der Waals surface area contributed by atoms with Gasteiger partial charge in [-0.05, 0) is 36.6 Å². The molecule has 0 saturated carbocycles. The van der Waals surface area contributed by atoms with Crippen molar-refractivity contribution >= 4 is 17.7 Å². The van der Waals surface area contributed by atoms with Gasteiger partial charge in [-0.3, -0.25) is 19.4 Å². The maximum atomic E-state index is 14.9. The summed E-state index contributed by atoms with van der Waals surface area (Å²) in [5, 5.41) is 4.91. The fourth-order valence-corrected chi connectivity index (χ4v) is 4.98. The molecule has 2 fully saturated rings. The predicted octanol–water partition coefficient (Wildman–Crippen LogP) is 4.24. The monoisotopic (exact) mass is 578 g/mol. The van der Waals surface area contributed by atoms with Gasteiger partial charge in [0.1, 0.15) is 23.4 Å². The molecule has 2 aliphatic rings. The topological polar surface area (TPSA) is 91.4 Å². The minimum Gasteiger partial charge on any atom is -0.356 e. The molecule has 40 heavy (non-hydrogen) atoms. The standard InChI is InChI=1S/C25H22F8N4O3/c1-11-4-18(37(10-11)23(40)12-2-3-34-19(5-12)25(31,32)33)22(39)36-21(13-6-20(38)35-9-13)14-7-17(27)15(8-16(14)26)24(28,29)30/h2-3,5,7-8,11,13,18,21H,4,6,9-10H2,1H3,(H,35,38)(H,36,39)/t11-,13?,18-,21?/m1/s1. The number of aromatic nitrogens is 1. The van der Waals surface area contributed by atoms with E-state index in [1.54, 1.807) is 6.92 Å². The van der Waals surface area contributed by atoms with E-state index in [0.29, 0.717) is 12.1 Å². The second-order valence-electron chi connectivity index (χ2n) is 9.85. The van der Waals surface area contributed by atoms with Gasteiger partial charge in [0.2, 0.25) is 11.8 Å². The second kappa shape index (κ2) is 10.7. The van der Waals surface area contributed by atoms with Gasteiger partial charge in [-0.25, -0.2) is 8.78 Å². The highest BCUT2D eigenvalue weighted by molar-refractivity contribution is 5.98. The fraction of sp³-hybridized carbons (Fsp3) is 0.440. The first-order chi connectivity index (χ1) is 18.6. The van der Waals surface area contributed by atoms with E-state index in [4.69, 9.17) is 0 Å². The Morgan fingerprint density at radius 2 is 1.77 bits per heavy atom. The van der Waals surface area contributed by atoms with E-state index in [9.17, 15) is 49.5 Å². The van der Waals surface area contributed by atoms with Gasteiger partial charge in [-0.1, -0.05) is 6.92 Å². The average molecular weight is 578 g/mol. The van der Waals surface area contributed by atoms with Crippen LogP contribution in [0.5, 0.6) is 0 Å². The van der Waals surface area contributed by atoms with Crippen LogP contribution in [0.4, 0.5) is 35.1 Å². The Labute approximate surface area is 221 Å². The zero-order chi connectivity index (χ0) is 29.6. The van der Waals surface area contributed by atoms with Crippen molar-refractivity contribution in [1.82, 2.24) is 20.5 Å². The SMILES string of the molecule is C[C@@H]1C[C@H](C(=O)NC(c2cc(F)c(C(F)(F)F)cc2F)C2CNC(=O)C2)N(C(=O)c2ccnc(C(F)(F)F)c2)C1. The molecule has 4 rings (SSSR count). The number of pyridine rings is 1. The maximum absolute atomic E-state index is 14.9. The van der Waals surface area contributed by atoms with E-state index in [0.717, 1.165) is 17.2 Å². The van der Waals surface area contributed by atoms with Crippen LogP contribution in [-0.2, 0) is 21.9 Å². The first-order valence-electron chi connectivity index (χ1n) is 12.0. The van der Waals surface area contributed by atoms with Gasteiger partial charge in [-0.2, -0.15) is 26.3 Å². The molecule has 216 valence electrons. The maximum Gasteiger partial charge on any atom is 0.433 e. The number of rotatable bonds is 5. The molecule has 7 nitrogen and oxygen atoms in total. The van der Waals surface area contributed by atoms with E-state index in [1.807, 2.05) is 0 Å². The molecular formula is C25H22F8N4O3. The molecule has 0 spiro atoms. The zero-order valence-corrected chi connectivity index (χ0v) is 20.7. The largest absolute Gasteiger partial charge is 0.433 e. The van der Waals surface area contributed by atoms with Crippen LogP contribution < -0.4 is 10.6 Å². The lowest BCUT2D eigenvalue weighted by Gasteiger charge is -2.29. The van der Waals surface area contributed by atoms with E-state index in [-0.39, 0.29) is 43.5 Å². The number of carbonyl (C=O) groups excluding carboxylic acids is 3. The number of halogens is 8. The number of alkyl halides is 6. The molecule has 2 saturated heterocycles. The summed E-state index contributed by atoms with van der Waals surface area (Å²) in [6.45, 7) is 1.56. The third kappa shape index (κ3) is 6.02. The number of benzene rings is 1. The van der Waals surface area contributed by atoms with E-state index in [1.165, 1.54) is 0 Å². The number of nitrogens with zero attached hydrogens (tertiary/aromatic N) is 2.